The summed E-state index contributed by atoms with van der Waals surface area (Å²) in [6, 6.07) is 0. The molecule has 0 bridgehead atoms. The lowest BCUT2D eigenvalue weighted by Crippen LogP contribution is -2.20. The van der Waals surface area contributed by atoms with Crippen molar-refractivity contribution in [3.05, 3.63) is 0 Å². The first-order chi connectivity index (χ1) is 30.8. The summed E-state index contributed by atoms with van der Waals surface area (Å²) in [5, 5.41) is 0. The molecule has 4 aliphatic rings. The fourth-order valence-corrected chi connectivity index (χ4v) is 8.16. The van der Waals surface area contributed by atoms with Gasteiger partial charge in [-0.05, 0) is 109 Å². The van der Waals surface area contributed by atoms with Gasteiger partial charge in [0.25, 0.3) is 0 Å². The van der Waals surface area contributed by atoms with Crippen molar-refractivity contribution in [2.45, 2.75) is 428 Å². The maximum atomic E-state index is 2.34. The van der Waals surface area contributed by atoms with Gasteiger partial charge in [0.05, 0.1) is 0 Å². The van der Waals surface area contributed by atoms with Gasteiger partial charge in [-0.15, -0.1) is 0 Å². The molecule has 1 unspecified atom stereocenters. The van der Waals surface area contributed by atoms with Crippen LogP contribution in [-0.2, 0) is 0 Å². The standard InChI is InChI=1S/6C7H16.4C6H12.10CH4/c1-6(2)5-7(3)4;1-5-7(4)6(2)3;2*1-4-5-6-7(2)3;1-4-6-7(3)5-2;1-3-5-7-6-4-2;1-5-3-6(2)4-5;1-6(2)4-3-5-6;1-5-3-4-6(5)2;1-6-4-2-3-5-6;;;;;;;;;;/h2*6-7H,5H2,1-4H3;3*7H,4-6H2,1-3H3;3-7H2,1-2H3;5-6H,3-4H2,1-2H3;3-5H2,1-2H3;5-6H,3-4H2,1-2H3;6H,2-5H2,1H3;10*1H4/t;7-;;;7-;;;;5-,6?;;;;;;;;;;;/m.0..1...1.........../s1. The first-order valence-electron chi connectivity index (χ1n) is 30.8. The lowest BCUT2D eigenvalue weighted by molar-refractivity contribution is 0.190. The van der Waals surface area contributed by atoms with Crippen LogP contribution >= 0.6 is 0 Å². The van der Waals surface area contributed by atoms with Crippen LogP contribution in [0.15, 0.2) is 0 Å². The van der Waals surface area contributed by atoms with Gasteiger partial charge in [0.15, 0.2) is 0 Å². The Kier molecular flexibility index (Phi) is 135. The summed E-state index contributed by atoms with van der Waals surface area (Å²) in [6.07, 6.45) is 38.3. The maximum absolute atomic E-state index is 2.34. The highest BCUT2D eigenvalue weighted by atomic mass is 14.3. The molecular formula is C76H184. The molecule has 0 aromatic heterocycles. The average molecular weight is 1100 g/mol. The normalized spacial score (nSPS) is 17.9. The molecule has 488 valence electrons. The Morgan fingerprint density at radius 1 is 0.355 bits per heavy atom. The quantitative estimate of drug-likeness (QED) is 0.127. The molecule has 0 aromatic carbocycles. The Bertz CT molecular complexity index is 775. The second-order valence-corrected chi connectivity index (χ2v) is 25.7. The summed E-state index contributed by atoms with van der Waals surface area (Å²) in [7, 11) is 0. The highest BCUT2D eigenvalue weighted by Crippen LogP contribution is 2.39. The Morgan fingerprint density at radius 3 is 0.737 bits per heavy atom. The zero-order valence-electron chi connectivity index (χ0n) is 52.5. The lowest BCUT2D eigenvalue weighted by atomic mass is 9.72. The average Bonchev–Trinajstić information content (AvgIpc) is 3.72. The van der Waals surface area contributed by atoms with Gasteiger partial charge in [0.2, 0.25) is 0 Å². The molecule has 4 atom stereocenters. The van der Waals surface area contributed by atoms with Gasteiger partial charge < -0.3 is 0 Å². The van der Waals surface area contributed by atoms with Crippen LogP contribution in [0.1, 0.15) is 428 Å². The summed E-state index contributed by atoms with van der Waals surface area (Å²) in [6.45, 7) is 59.3. The third kappa shape index (κ3) is 113. The SMILES string of the molecule is C.C.C.C.C.C.C.C.C.C.CC(C)CC(C)C.CC1(C)CCC1.CC1CC(C)C1.CC1CCCC1.CC1CC[C@H]1C.CCCCC(C)C.CCCCC(C)C.CCCCCCC.CCC[C@H](C)CC.CC[C@H](C)C(C)C. The van der Waals surface area contributed by atoms with E-state index in [9.17, 15) is 0 Å². The van der Waals surface area contributed by atoms with E-state index in [1.165, 1.54) is 173 Å². The van der Waals surface area contributed by atoms with Gasteiger partial charge in [0.1, 0.15) is 0 Å². The smallest absolute Gasteiger partial charge is 0.0354 e. The van der Waals surface area contributed by atoms with Crippen LogP contribution in [0.25, 0.3) is 0 Å². The van der Waals surface area contributed by atoms with Crippen LogP contribution in [0.5, 0.6) is 0 Å². The van der Waals surface area contributed by atoms with Gasteiger partial charge in [0, 0.05) is 0 Å². The zero-order valence-corrected chi connectivity index (χ0v) is 52.5. The van der Waals surface area contributed by atoms with E-state index in [-0.39, 0.29) is 74.3 Å². The summed E-state index contributed by atoms with van der Waals surface area (Å²) >= 11 is 0. The van der Waals surface area contributed by atoms with Crippen molar-refractivity contribution < 1.29 is 0 Å². The van der Waals surface area contributed by atoms with Gasteiger partial charge in [-0.1, -0.05) is 396 Å². The molecule has 4 fully saturated rings. The first-order valence-corrected chi connectivity index (χ1v) is 30.8. The second kappa shape index (κ2) is 86.3. The summed E-state index contributed by atoms with van der Waals surface area (Å²) < 4.78 is 0. The molecule has 0 spiro atoms. The van der Waals surface area contributed by atoms with Crippen LogP contribution in [0.3, 0.4) is 0 Å². The maximum Gasteiger partial charge on any atom is -0.0354 e. The minimum Gasteiger partial charge on any atom is -0.0776 e. The van der Waals surface area contributed by atoms with Crippen molar-refractivity contribution >= 4 is 0 Å². The molecule has 0 heteroatoms. The highest BCUT2D eigenvalue weighted by molar-refractivity contribution is 4.77. The fourth-order valence-electron chi connectivity index (χ4n) is 8.16. The second-order valence-electron chi connectivity index (χ2n) is 25.7. The molecule has 0 N–H and O–H groups in total. The van der Waals surface area contributed by atoms with E-state index in [1.807, 2.05) is 0 Å². The number of hydrogen-bond donors (Lipinski definition) is 0. The van der Waals surface area contributed by atoms with Crippen LogP contribution in [0.4, 0.5) is 0 Å². The van der Waals surface area contributed by atoms with E-state index < -0.39 is 0 Å². The molecule has 4 saturated carbocycles. The lowest BCUT2D eigenvalue weighted by Gasteiger charge is -2.33. The predicted molar refractivity (Wildman–Crippen MR) is 384 cm³/mol. The Balaban J connectivity index is -0.0000000371. The molecule has 0 nitrogen and oxygen atoms in total. The van der Waals surface area contributed by atoms with Crippen molar-refractivity contribution in [1.29, 1.82) is 0 Å². The van der Waals surface area contributed by atoms with Gasteiger partial charge in [-0.3, -0.25) is 0 Å². The molecule has 4 rings (SSSR count). The van der Waals surface area contributed by atoms with E-state index in [2.05, 4.69) is 180 Å². The van der Waals surface area contributed by atoms with E-state index >= 15 is 0 Å². The third-order valence-corrected chi connectivity index (χ3v) is 14.7. The topological polar surface area (TPSA) is 0 Å². The van der Waals surface area contributed by atoms with Gasteiger partial charge >= 0.3 is 0 Å². The Labute approximate surface area is 501 Å². The summed E-state index contributed by atoms with van der Waals surface area (Å²) in [5.41, 5.74) is 0.722. The number of unbranched alkanes of at least 4 members (excludes halogenated alkanes) is 6. The van der Waals surface area contributed by atoms with E-state index in [4.69, 9.17) is 0 Å². The van der Waals surface area contributed by atoms with Crippen molar-refractivity contribution in [2.75, 3.05) is 0 Å². The molecule has 0 heterocycles. The van der Waals surface area contributed by atoms with Crippen LogP contribution in [0.2, 0.25) is 0 Å². The number of rotatable bonds is 17. The summed E-state index contributed by atoms with van der Waals surface area (Å²) in [5.74, 6) is 11.5. The largest absolute Gasteiger partial charge is 0.0776 e. The van der Waals surface area contributed by atoms with E-state index in [1.54, 1.807) is 0 Å². The zero-order chi connectivity index (χ0) is 52.5. The molecule has 76 heavy (non-hydrogen) atoms. The molecule has 0 amide bonds. The predicted octanol–water partition coefficient (Wildman–Crippen LogP) is 31.7. The van der Waals surface area contributed by atoms with Crippen LogP contribution in [0, 0.1) is 76.4 Å². The van der Waals surface area contributed by atoms with Crippen LogP contribution in [-0.4, -0.2) is 0 Å². The van der Waals surface area contributed by atoms with E-state index in [0.717, 1.165) is 76.4 Å². The molecule has 0 radical (unpaired) electrons. The highest BCUT2D eigenvalue weighted by Gasteiger charge is 2.25. The van der Waals surface area contributed by atoms with E-state index in [0.29, 0.717) is 0 Å². The van der Waals surface area contributed by atoms with Crippen molar-refractivity contribution in [1.82, 2.24) is 0 Å². The molecule has 0 aliphatic heterocycles. The van der Waals surface area contributed by atoms with Crippen molar-refractivity contribution in [2.24, 2.45) is 76.4 Å². The molecule has 4 aliphatic carbocycles. The fraction of sp³-hybridized carbons (Fsp3) is 1.00. The van der Waals surface area contributed by atoms with Gasteiger partial charge in [-0.25, -0.2) is 0 Å². The number of hydrogen-bond acceptors (Lipinski definition) is 0. The van der Waals surface area contributed by atoms with Gasteiger partial charge in [-0.2, -0.15) is 0 Å². The third-order valence-electron chi connectivity index (χ3n) is 14.7. The van der Waals surface area contributed by atoms with Crippen molar-refractivity contribution in [3.63, 3.8) is 0 Å². The minimum atomic E-state index is 0. The molecular weight excluding hydrogens is 913 g/mol. The Morgan fingerprint density at radius 2 is 0.671 bits per heavy atom. The van der Waals surface area contributed by atoms with Crippen LogP contribution < -0.4 is 0 Å². The monoisotopic (exact) mass is 1100 g/mol. The molecule has 0 aromatic rings. The Hall–Kier alpha value is 0. The summed E-state index contributed by atoms with van der Waals surface area (Å²) in [4.78, 5) is 0. The minimum absolute atomic E-state index is 0. The molecule has 0 saturated heterocycles. The van der Waals surface area contributed by atoms with Crippen molar-refractivity contribution in [3.8, 4) is 0 Å². The first kappa shape index (κ1) is 119.